The van der Waals surface area contributed by atoms with Crippen LogP contribution in [0.2, 0.25) is 10.0 Å². The summed E-state index contributed by atoms with van der Waals surface area (Å²) in [7, 11) is -2.80. The molecule has 2 atom stereocenters. The summed E-state index contributed by atoms with van der Waals surface area (Å²) in [6.07, 6.45) is 0.205. The van der Waals surface area contributed by atoms with Crippen molar-refractivity contribution in [1.29, 1.82) is 0 Å². The van der Waals surface area contributed by atoms with E-state index in [9.17, 15) is 27.5 Å². The molecule has 0 unspecified atom stereocenters. The zero-order valence-electron chi connectivity index (χ0n) is 21.7. The summed E-state index contributed by atoms with van der Waals surface area (Å²) in [6.45, 7) is 1.60. The second-order valence-corrected chi connectivity index (χ2v) is 12.4. The van der Waals surface area contributed by atoms with Crippen molar-refractivity contribution in [2.75, 3.05) is 13.7 Å². The van der Waals surface area contributed by atoms with Gasteiger partial charge >= 0.3 is 5.97 Å². The van der Waals surface area contributed by atoms with Gasteiger partial charge in [-0.3, -0.25) is 9.59 Å². The molecule has 1 aliphatic rings. The van der Waals surface area contributed by atoms with Gasteiger partial charge in [-0.25, -0.2) is 12.8 Å². The van der Waals surface area contributed by atoms with Crippen LogP contribution in [0.1, 0.15) is 37.8 Å². The number of ether oxygens (including phenoxy) is 1. The fourth-order valence-corrected chi connectivity index (χ4v) is 7.47. The Morgan fingerprint density at radius 2 is 1.77 bits per heavy atom. The second kappa shape index (κ2) is 11.7. The molecule has 2 N–H and O–H groups in total. The van der Waals surface area contributed by atoms with Gasteiger partial charge in [-0.15, -0.1) is 0 Å². The van der Waals surface area contributed by atoms with E-state index in [4.69, 9.17) is 27.9 Å². The van der Waals surface area contributed by atoms with E-state index in [1.807, 2.05) is 0 Å². The lowest BCUT2D eigenvalue weighted by Gasteiger charge is -2.34. The van der Waals surface area contributed by atoms with E-state index in [1.165, 1.54) is 38.3 Å². The summed E-state index contributed by atoms with van der Waals surface area (Å²) >= 11 is 12.1. The van der Waals surface area contributed by atoms with Crippen molar-refractivity contribution in [2.45, 2.75) is 42.7 Å². The van der Waals surface area contributed by atoms with Crippen molar-refractivity contribution in [1.82, 2.24) is 9.62 Å². The average Bonchev–Trinajstić information content (AvgIpc) is 3.31. The molecule has 4 rings (SSSR count). The van der Waals surface area contributed by atoms with Gasteiger partial charge in [-0.1, -0.05) is 59.6 Å². The molecular formula is C28H27Cl2FN2O6S. The molecule has 212 valence electrons. The quantitative estimate of drug-likeness (QED) is 0.323. The summed E-state index contributed by atoms with van der Waals surface area (Å²) in [4.78, 5) is 25.2. The molecule has 0 radical (unpaired) electrons. The van der Waals surface area contributed by atoms with Crippen LogP contribution in [-0.4, -0.2) is 48.9 Å². The molecule has 1 aliphatic heterocycles. The summed E-state index contributed by atoms with van der Waals surface area (Å²) in [5.41, 5.74) is 0.126. The Morgan fingerprint density at radius 3 is 2.38 bits per heavy atom. The van der Waals surface area contributed by atoms with Crippen LogP contribution in [0.5, 0.6) is 5.75 Å². The molecule has 1 amide bonds. The number of hydrogen-bond donors (Lipinski definition) is 2. The number of carboxylic acid groups (broad SMARTS) is 1. The zero-order chi connectivity index (χ0) is 29.2. The Kier molecular flexibility index (Phi) is 8.75. The molecule has 0 saturated carbocycles. The molecule has 0 aliphatic carbocycles. The molecule has 12 heteroatoms. The number of carbonyl (C=O) groups is 2. The Labute approximate surface area is 241 Å². The summed E-state index contributed by atoms with van der Waals surface area (Å²) < 4.78 is 47.5. The maximum atomic E-state index is 14.2. The largest absolute Gasteiger partial charge is 0.493 e. The fraction of sp³-hybridized carbons (Fsp3) is 0.286. The van der Waals surface area contributed by atoms with Crippen LogP contribution in [-0.2, 0) is 19.6 Å². The van der Waals surface area contributed by atoms with Gasteiger partial charge in [0, 0.05) is 22.2 Å². The van der Waals surface area contributed by atoms with E-state index in [0.717, 1.165) is 4.31 Å². The Morgan fingerprint density at radius 1 is 1.12 bits per heavy atom. The third-order valence-electron chi connectivity index (χ3n) is 6.97. The number of carbonyl (C=O) groups excluding carboxylic acids is 1. The number of halogens is 3. The van der Waals surface area contributed by atoms with Crippen LogP contribution in [0.25, 0.3) is 11.1 Å². The number of aliphatic carboxylic acids is 1. The number of rotatable bonds is 9. The van der Waals surface area contributed by atoms with Crippen molar-refractivity contribution >= 4 is 45.1 Å². The van der Waals surface area contributed by atoms with Crippen molar-refractivity contribution in [3.05, 3.63) is 82.1 Å². The standard InChI is InChI=1S/C28H27Cl2FN2O6S/c1-28(11-4-12-33(28)40(37,38)21-14-19(29)13-20(30)15-21)27(36)32-24(16-25(34)35)18-9-7-17(8-10-18)22-5-3-6-23(31)26(22)39-2/h3,5-10,13-15,24H,4,11-12,16H2,1-2H3,(H,32,36)(H,34,35)/t24-,28+/m1/s1. The maximum absolute atomic E-state index is 14.2. The molecule has 1 saturated heterocycles. The highest BCUT2D eigenvalue weighted by molar-refractivity contribution is 7.89. The van der Waals surface area contributed by atoms with E-state index in [2.05, 4.69) is 5.32 Å². The van der Waals surface area contributed by atoms with Gasteiger partial charge in [0.15, 0.2) is 11.6 Å². The summed E-state index contributed by atoms with van der Waals surface area (Å²) in [6, 6.07) is 14.1. The predicted molar refractivity (Wildman–Crippen MR) is 150 cm³/mol. The molecule has 0 bridgehead atoms. The van der Waals surface area contributed by atoms with Gasteiger partial charge in [0.25, 0.3) is 0 Å². The lowest BCUT2D eigenvalue weighted by molar-refractivity contribution is -0.138. The third-order valence-corrected chi connectivity index (χ3v) is 9.40. The lowest BCUT2D eigenvalue weighted by Crippen LogP contribution is -2.55. The number of sulfonamides is 1. The summed E-state index contributed by atoms with van der Waals surface area (Å²) in [5.74, 6) is -2.24. The van der Waals surface area contributed by atoms with Crippen LogP contribution < -0.4 is 10.1 Å². The van der Waals surface area contributed by atoms with Crippen LogP contribution in [0.4, 0.5) is 4.39 Å². The normalized spacial score (nSPS) is 18.3. The van der Waals surface area contributed by atoms with Gasteiger partial charge in [-0.05, 0) is 55.2 Å². The third kappa shape index (κ3) is 5.95. The number of methoxy groups -OCH3 is 1. The first-order valence-corrected chi connectivity index (χ1v) is 14.5. The number of benzene rings is 3. The number of hydrogen-bond acceptors (Lipinski definition) is 5. The first-order chi connectivity index (χ1) is 18.9. The van der Waals surface area contributed by atoms with Gasteiger partial charge < -0.3 is 15.2 Å². The van der Waals surface area contributed by atoms with Crippen molar-refractivity contribution in [3.63, 3.8) is 0 Å². The molecule has 8 nitrogen and oxygen atoms in total. The topological polar surface area (TPSA) is 113 Å². The maximum Gasteiger partial charge on any atom is 0.305 e. The molecule has 3 aromatic rings. The van der Waals surface area contributed by atoms with Gasteiger partial charge in [0.05, 0.1) is 24.5 Å². The number of nitrogens with one attached hydrogen (secondary N) is 1. The Bertz CT molecular complexity index is 1530. The first-order valence-electron chi connectivity index (χ1n) is 12.3. The predicted octanol–water partition coefficient (Wildman–Crippen LogP) is 5.68. The number of carboxylic acids is 1. The van der Waals surface area contributed by atoms with Crippen molar-refractivity contribution in [2.24, 2.45) is 0 Å². The Hall–Kier alpha value is -3.18. The molecule has 3 aromatic carbocycles. The van der Waals surface area contributed by atoms with Crippen LogP contribution in [0, 0.1) is 5.82 Å². The smallest absolute Gasteiger partial charge is 0.305 e. The number of para-hydroxylation sites is 1. The molecule has 0 aromatic heterocycles. The highest BCUT2D eigenvalue weighted by Gasteiger charge is 2.50. The molecule has 1 heterocycles. The number of amides is 1. The van der Waals surface area contributed by atoms with Crippen LogP contribution in [0.15, 0.2) is 65.6 Å². The van der Waals surface area contributed by atoms with E-state index < -0.39 is 45.7 Å². The van der Waals surface area contributed by atoms with Crippen molar-refractivity contribution < 1.29 is 32.2 Å². The monoisotopic (exact) mass is 608 g/mol. The molecule has 0 spiro atoms. The zero-order valence-corrected chi connectivity index (χ0v) is 24.0. The highest BCUT2D eigenvalue weighted by Crippen LogP contribution is 2.37. The molecule has 1 fully saturated rings. The van der Waals surface area contributed by atoms with Crippen LogP contribution >= 0.6 is 23.2 Å². The van der Waals surface area contributed by atoms with E-state index in [0.29, 0.717) is 23.1 Å². The van der Waals surface area contributed by atoms with Crippen LogP contribution in [0.3, 0.4) is 0 Å². The minimum atomic E-state index is -4.16. The molecule has 40 heavy (non-hydrogen) atoms. The average molecular weight is 610 g/mol. The van der Waals surface area contributed by atoms with E-state index in [1.54, 1.807) is 36.4 Å². The Balaban J connectivity index is 1.62. The van der Waals surface area contributed by atoms with E-state index in [-0.39, 0.29) is 33.7 Å². The summed E-state index contributed by atoms with van der Waals surface area (Å²) in [5, 5.41) is 12.6. The lowest BCUT2D eigenvalue weighted by atomic mass is 9.95. The second-order valence-electron chi connectivity index (χ2n) is 9.63. The van der Waals surface area contributed by atoms with Gasteiger partial charge in [0.1, 0.15) is 5.54 Å². The van der Waals surface area contributed by atoms with E-state index >= 15 is 0 Å². The molecular weight excluding hydrogens is 582 g/mol. The minimum Gasteiger partial charge on any atom is -0.493 e. The highest BCUT2D eigenvalue weighted by atomic mass is 35.5. The minimum absolute atomic E-state index is 0.0714. The SMILES string of the molecule is COc1c(F)cccc1-c1ccc([C@@H](CC(=O)O)NC(=O)[C@]2(C)CCCN2S(=O)(=O)c2cc(Cl)cc(Cl)c2)cc1. The number of nitrogens with zero attached hydrogens (tertiary/aromatic N) is 1. The van der Waals surface area contributed by atoms with Gasteiger partial charge in [0.2, 0.25) is 15.9 Å². The van der Waals surface area contributed by atoms with Crippen molar-refractivity contribution in [3.8, 4) is 16.9 Å². The fourth-order valence-electron chi connectivity index (χ4n) is 4.93. The van der Waals surface area contributed by atoms with Gasteiger partial charge in [-0.2, -0.15) is 4.31 Å². The first kappa shape index (κ1) is 29.8.